The van der Waals surface area contributed by atoms with Gasteiger partial charge in [0.2, 0.25) is 0 Å². The Bertz CT molecular complexity index is 1030. The van der Waals surface area contributed by atoms with Crippen molar-refractivity contribution in [1.29, 1.82) is 0 Å². The average molecular weight is 419 g/mol. The maximum atomic E-state index is 12.2. The number of rotatable bonds is 6. The molecule has 0 saturated heterocycles. The van der Waals surface area contributed by atoms with E-state index in [1.54, 1.807) is 24.3 Å². The third-order valence-corrected chi connectivity index (χ3v) is 3.80. The molecule has 0 amide bonds. The van der Waals surface area contributed by atoms with E-state index in [2.05, 4.69) is 30.1 Å². The molecule has 0 aliphatic rings. The van der Waals surface area contributed by atoms with Crippen LogP contribution in [-0.2, 0) is 4.74 Å². The van der Waals surface area contributed by atoms with E-state index < -0.39 is 12.3 Å². The Morgan fingerprint density at radius 3 is 1.90 bits per heavy atom. The highest BCUT2D eigenvalue weighted by Gasteiger charge is 2.30. The highest BCUT2D eigenvalue weighted by Crippen LogP contribution is 2.29. The van der Waals surface area contributed by atoms with E-state index in [-0.39, 0.29) is 17.3 Å². The first-order chi connectivity index (χ1) is 14.2. The third-order valence-electron chi connectivity index (χ3n) is 3.80. The molecule has 156 valence electrons. The molecule has 11 heteroatoms. The predicted octanol–water partition coefficient (Wildman–Crippen LogP) is 4.23. The van der Waals surface area contributed by atoms with Crippen molar-refractivity contribution in [3.8, 4) is 5.75 Å². The van der Waals surface area contributed by atoms with Gasteiger partial charge in [0, 0.05) is 11.4 Å². The number of nitrogens with one attached hydrogen (secondary N) is 2. The minimum absolute atomic E-state index is 0.185. The highest BCUT2D eigenvalue weighted by atomic mass is 19.4. The van der Waals surface area contributed by atoms with Crippen LogP contribution in [0.3, 0.4) is 0 Å². The van der Waals surface area contributed by atoms with Crippen molar-refractivity contribution in [2.75, 3.05) is 23.5 Å². The minimum Gasteiger partial charge on any atom is -0.465 e. The topological polar surface area (TPSA) is 111 Å². The number of benzene rings is 2. The quantitative estimate of drug-likeness (QED) is 0.509. The van der Waals surface area contributed by atoms with Crippen molar-refractivity contribution in [3.05, 3.63) is 60.4 Å². The molecule has 0 atom stereocenters. The lowest BCUT2D eigenvalue weighted by Gasteiger charge is -2.13. The number of anilines is 5. The largest absolute Gasteiger partial charge is 0.573 e. The van der Waals surface area contributed by atoms with Crippen LogP contribution in [0.1, 0.15) is 10.4 Å². The van der Waals surface area contributed by atoms with Crippen LogP contribution in [0.4, 0.5) is 41.9 Å². The highest BCUT2D eigenvalue weighted by molar-refractivity contribution is 5.90. The van der Waals surface area contributed by atoms with Gasteiger partial charge >= 0.3 is 12.3 Å². The smallest absolute Gasteiger partial charge is 0.465 e. The summed E-state index contributed by atoms with van der Waals surface area (Å²) < 4.78 is 45.2. The Morgan fingerprint density at radius 1 is 0.933 bits per heavy atom. The molecule has 8 nitrogen and oxygen atoms in total. The van der Waals surface area contributed by atoms with Crippen molar-refractivity contribution in [3.63, 3.8) is 0 Å². The molecule has 0 aliphatic carbocycles. The van der Waals surface area contributed by atoms with Crippen LogP contribution in [0, 0.1) is 0 Å². The number of carbonyl (C=O) groups excluding carboxylic acids is 1. The molecule has 1 aromatic heterocycles. The van der Waals surface area contributed by atoms with Gasteiger partial charge in [-0.25, -0.2) is 14.8 Å². The van der Waals surface area contributed by atoms with Gasteiger partial charge in [-0.3, -0.25) is 0 Å². The van der Waals surface area contributed by atoms with E-state index in [1.165, 1.54) is 25.6 Å². The number of alkyl halides is 3. The number of carbonyl (C=O) groups is 1. The average Bonchev–Trinajstić information content (AvgIpc) is 2.71. The van der Waals surface area contributed by atoms with Gasteiger partial charge in [-0.15, -0.1) is 13.2 Å². The van der Waals surface area contributed by atoms with E-state index >= 15 is 0 Å². The number of nitrogens with two attached hydrogens (primary N) is 1. The van der Waals surface area contributed by atoms with Gasteiger partial charge in [0.15, 0.2) is 11.6 Å². The molecular formula is C19H16F3N5O3. The minimum atomic E-state index is -4.76. The standard InChI is InChI=1S/C19H16F3N5O3/c1-29-18(28)11-2-4-12(5-3-11)26-16-15(23)17(25-10-24-16)27-13-6-8-14(9-7-13)30-19(20,21)22/h2-10H,23H2,1H3,(H2,24,25,26,27). The normalized spacial score (nSPS) is 10.9. The Labute approximate surface area is 168 Å². The second kappa shape index (κ2) is 8.55. The number of hydrogen-bond donors (Lipinski definition) is 3. The fourth-order valence-corrected chi connectivity index (χ4v) is 2.42. The van der Waals surface area contributed by atoms with Gasteiger partial charge in [0.25, 0.3) is 0 Å². The van der Waals surface area contributed by atoms with E-state index in [0.717, 1.165) is 12.1 Å². The molecule has 0 radical (unpaired) electrons. The lowest BCUT2D eigenvalue weighted by Crippen LogP contribution is -2.17. The van der Waals surface area contributed by atoms with Gasteiger partial charge < -0.3 is 25.8 Å². The van der Waals surface area contributed by atoms with E-state index in [1.807, 2.05) is 0 Å². The monoisotopic (exact) mass is 419 g/mol. The van der Waals surface area contributed by atoms with Crippen LogP contribution in [0.5, 0.6) is 5.75 Å². The Balaban J connectivity index is 1.72. The first kappa shape index (κ1) is 20.7. The summed E-state index contributed by atoms with van der Waals surface area (Å²) in [5.74, 6) is -0.249. The fraction of sp³-hybridized carbons (Fsp3) is 0.105. The summed E-state index contributed by atoms with van der Waals surface area (Å²) in [6.07, 6.45) is -3.49. The van der Waals surface area contributed by atoms with E-state index in [9.17, 15) is 18.0 Å². The Hall–Kier alpha value is -4.02. The first-order valence-electron chi connectivity index (χ1n) is 8.44. The van der Waals surface area contributed by atoms with Crippen LogP contribution in [0.15, 0.2) is 54.9 Å². The Kier molecular flexibility index (Phi) is 5.90. The van der Waals surface area contributed by atoms with Gasteiger partial charge in [-0.1, -0.05) is 0 Å². The van der Waals surface area contributed by atoms with Gasteiger partial charge in [-0.05, 0) is 48.5 Å². The summed E-state index contributed by atoms with van der Waals surface area (Å²) in [6.45, 7) is 0. The zero-order valence-corrected chi connectivity index (χ0v) is 15.5. The summed E-state index contributed by atoms with van der Waals surface area (Å²) in [4.78, 5) is 19.6. The summed E-state index contributed by atoms with van der Waals surface area (Å²) in [7, 11) is 1.29. The van der Waals surface area contributed by atoms with Gasteiger partial charge in [0.05, 0.1) is 12.7 Å². The molecule has 0 unspecified atom stereocenters. The maximum absolute atomic E-state index is 12.2. The van der Waals surface area contributed by atoms with Crippen molar-refractivity contribution < 1.29 is 27.4 Å². The van der Waals surface area contributed by atoms with Crippen molar-refractivity contribution in [1.82, 2.24) is 9.97 Å². The maximum Gasteiger partial charge on any atom is 0.573 e. The molecule has 3 aromatic rings. The summed E-state index contributed by atoms with van der Waals surface area (Å²) in [5, 5.41) is 5.91. The Morgan fingerprint density at radius 2 is 1.43 bits per heavy atom. The molecule has 4 N–H and O–H groups in total. The zero-order valence-electron chi connectivity index (χ0n) is 15.5. The number of methoxy groups -OCH3 is 1. The molecular weight excluding hydrogens is 403 g/mol. The molecule has 0 aliphatic heterocycles. The molecule has 3 rings (SSSR count). The van der Waals surface area contributed by atoms with Crippen LogP contribution in [0.2, 0.25) is 0 Å². The second-order valence-electron chi connectivity index (χ2n) is 5.88. The molecule has 2 aromatic carbocycles. The van der Waals surface area contributed by atoms with Crippen molar-refractivity contribution in [2.45, 2.75) is 6.36 Å². The number of esters is 1. The molecule has 0 bridgehead atoms. The summed E-state index contributed by atoms with van der Waals surface area (Å²) in [5.41, 5.74) is 7.73. The number of ether oxygens (including phenoxy) is 2. The molecule has 1 heterocycles. The zero-order chi connectivity index (χ0) is 21.7. The molecule has 0 fully saturated rings. The van der Waals surface area contributed by atoms with Crippen LogP contribution >= 0.6 is 0 Å². The van der Waals surface area contributed by atoms with Crippen LogP contribution < -0.4 is 21.1 Å². The number of halogens is 3. The first-order valence-corrected chi connectivity index (χ1v) is 8.44. The summed E-state index contributed by atoms with van der Waals surface area (Å²) >= 11 is 0. The van der Waals surface area contributed by atoms with E-state index in [0.29, 0.717) is 22.8 Å². The lowest BCUT2D eigenvalue weighted by atomic mass is 10.2. The second-order valence-corrected chi connectivity index (χ2v) is 5.88. The number of hydrogen-bond acceptors (Lipinski definition) is 8. The molecule has 0 spiro atoms. The van der Waals surface area contributed by atoms with Gasteiger partial charge in [0.1, 0.15) is 17.8 Å². The molecule has 30 heavy (non-hydrogen) atoms. The van der Waals surface area contributed by atoms with Crippen LogP contribution in [-0.4, -0.2) is 29.4 Å². The summed E-state index contributed by atoms with van der Waals surface area (Å²) in [6, 6.07) is 11.6. The van der Waals surface area contributed by atoms with E-state index in [4.69, 9.17) is 5.73 Å². The fourth-order valence-electron chi connectivity index (χ4n) is 2.42. The van der Waals surface area contributed by atoms with Crippen molar-refractivity contribution >= 4 is 34.7 Å². The van der Waals surface area contributed by atoms with Crippen LogP contribution in [0.25, 0.3) is 0 Å². The van der Waals surface area contributed by atoms with Crippen molar-refractivity contribution in [2.24, 2.45) is 0 Å². The predicted molar refractivity (Wildman–Crippen MR) is 104 cm³/mol. The molecule has 0 saturated carbocycles. The number of nitrogen functional groups attached to an aromatic ring is 1. The van der Waals surface area contributed by atoms with Gasteiger partial charge in [-0.2, -0.15) is 0 Å². The number of aromatic nitrogens is 2. The SMILES string of the molecule is COC(=O)c1ccc(Nc2ncnc(Nc3ccc(OC(F)(F)F)cc3)c2N)cc1. The number of nitrogens with zero attached hydrogens (tertiary/aromatic N) is 2. The lowest BCUT2D eigenvalue weighted by molar-refractivity contribution is -0.274. The third kappa shape index (κ3) is 5.28.